The van der Waals surface area contributed by atoms with E-state index in [4.69, 9.17) is 5.73 Å². The summed E-state index contributed by atoms with van der Waals surface area (Å²) in [7, 11) is 0. The zero-order valence-corrected chi connectivity index (χ0v) is 16.9. The largest absolute Gasteiger partial charge is 0.383 e. The van der Waals surface area contributed by atoms with Crippen LogP contribution in [0, 0.1) is 0 Å². The third kappa shape index (κ3) is 3.99. The van der Waals surface area contributed by atoms with Gasteiger partial charge < -0.3 is 15.5 Å². The van der Waals surface area contributed by atoms with Crippen LogP contribution in [0.2, 0.25) is 0 Å². The van der Waals surface area contributed by atoms with Crippen molar-refractivity contribution < 1.29 is 4.79 Å². The molecular formula is C20H24BrN5O. The summed E-state index contributed by atoms with van der Waals surface area (Å²) in [4.78, 5) is 26.4. The van der Waals surface area contributed by atoms with Gasteiger partial charge in [0.25, 0.3) is 0 Å². The summed E-state index contributed by atoms with van der Waals surface area (Å²) in [6, 6.07) is 8.00. The lowest BCUT2D eigenvalue weighted by Crippen LogP contribution is -2.44. The molecule has 2 saturated heterocycles. The van der Waals surface area contributed by atoms with Crippen LogP contribution < -0.4 is 10.6 Å². The molecule has 2 N–H and O–H groups in total. The van der Waals surface area contributed by atoms with Crippen molar-refractivity contribution in [3.63, 3.8) is 0 Å². The summed E-state index contributed by atoms with van der Waals surface area (Å²) in [5.74, 6) is 0.888. The van der Waals surface area contributed by atoms with Gasteiger partial charge in [-0.1, -0.05) is 6.07 Å². The minimum Gasteiger partial charge on any atom is -0.383 e. The van der Waals surface area contributed by atoms with Gasteiger partial charge in [-0.05, 0) is 72.9 Å². The molecular weight excluding hydrogens is 406 g/mol. The molecule has 0 aliphatic carbocycles. The molecule has 0 atom stereocenters. The Bertz CT molecular complexity index is 829. The highest BCUT2D eigenvalue weighted by Gasteiger charge is 2.27. The number of pyridine rings is 2. The zero-order valence-electron chi connectivity index (χ0n) is 15.3. The predicted octanol–water partition coefficient (Wildman–Crippen LogP) is 3.12. The van der Waals surface area contributed by atoms with Crippen molar-refractivity contribution in [2.75, 3.05) is 36.8 Å². The number of anilines is 2. The van der Waals surface area contributed by atoms with E-state index in [-0.39, 0.29) is 11.6 Å². The van der Waals surface area contributed by atoms with Crippen LogP contribution >= 0.6 is 15.9 Å². The fourth-order valence-electron chi connectivity index (χ4n) is 4.06. The van der Waals surface area contributed by atoms with Crippen molar-refractivity contribution in [3.05, 3.63) is 46.2 Å². The molecule has 4 heterocycles. The number of nitrogens with zero attached hydrogens (tertiary/aromatic N) is 4. The molecule has 2 aromatic rings. The number of carbonyl (C=O) groups is 1. The molecule has 2 fully saturated rings. The Hall–Kier alpha value is -1.99. The molecule has 0 bridgehead atoms. The number of halogens is 1. The Morgan fingerprint density at radius 3 is 2.63 bits per heavy atom. The molecule has 2 aliphatic rings. The zero-order chi connectivity index (χ0) is 18.8. The summed E-state index contributed by atoms with van der Waals surface area (Å²) in [6.07, 6.45) is 6.56. The van der Waals surface area contributed by atoms with E-state index in [2.05, 4.69) is 35.7 Å². The first-order valence-electron chi connectivity index (χ1n) is 9.53. The number of aromatic nitrogens is 2. The predicted molar refractivity (Wildman–Crippen MR) is 110 cm³/mol. The van der Waals surface area contributed by atoms with Gasteiger partial charge in [-0.3, -0.25) is 4.79 Å². The molecule has 0 aromatic carbocycles. The number of piperidine rings is 1. The monoisotopic (exact) mass is 429 g/mol. The molecule has 27 heavy (non-hydrogen) atoms. The first-order valence-corrected chi connectivity index (χ1v) is 10.3. The van der Waals surface area contributed by atoms with Gasteiger partial charge in [0.05, 0.1) is 5.56 Å². The van der Waals surface area contributed by atoms with Gasteiger partial charge in [-0.2, -0.15) is 0 Å². The van der Waals surface area contributed by atoms with E-state index in [0.29, 0.717) is 17.3 Å². The van der Waals surface area contributed by atoms with Crippen LogP contribution in [-0.2, 0) is 0 Å². The molecule has 0 saturated carbocycles. The number of hydrogen-bond donors (Lipinski definition) is 1. The molecule has 0 amide bonds. The Balaban J connectivity index is 1.48. The minimum absolute atomic E-state index is 0.199. The molecule has 4 rings (SSSR count). The lowest BCUT2D eigenvalue weighted by Gasteiger charge is -2.37. The van der Waals surface area contributed by atoms with Crippen LogP contribution in [0.5, 0.6) is 0 Å². The summed E-state index contributed by atoms with van der Waals surface area (Å²) < 4.78 is 0.722. The van der Waals surface area contributed by atoms with Crippen LogP contribution in [0.3, 0.4) is 0 Å². The molecule has 7 heteroatoms. The second-order valence-corrected chi connectivity index (χ2v) is 8.17. The summed E-state index contributed by atoms with van der Waals surface area (Å²) >= 11 is 3.34. The molecule has 0 unspecified atom stereocenters. The first kappa shape index (κ1) is 18.4. The van der Waals surface area contributed by atoms with Gasteiger partial charge >= 0.3 is 0 Å². The lowest BCUT2D eigenvalue weighted by molar-refractivity contribution is 0.103. The highest BCUT2D eigenvalue weighted by Crippen LogP contribution is 2.25. The normalized spacial score (nSPS) is 18.8. The van der Waals surface area contributed by atoms with Gasteiger partial charge in [-0.15, -0.1) is 0 Å². The Kier molecular flexibility index (Phi) is 5.41. The van der Waals surface area contributed by atoms with E-state index >= 15 is 0 Å². The van der Waals surface area contributed by atoms with E-state index in [1.54, 1.807) is 18.3 Å². The fourth-order valence-corrected chi connectivity index (χ4v) is 4.39. The number of ketones is 1. The van der Waals surface area contributed by atoms with Crippen LogP contribution in [0.25, 0.3) is 0 Å². The third-order valence-electron chi connectivity index (χ3n) is 5.54. The standard InChI is InChI=1S/C20H24BrN5O/c21-14-12-16(20(22)23-13-14)19(27)17-4-3-5-18(24-17)26-10-6-15(7-11-26)25-8-1-2-9-25/h3-5,12-13,15H,1-2,6-11H2,(H2,22,23). The number of carbonyl (C=O) groups excluding carboxylic acids is 1. The fraction of sp³-hybridized carbons (Fsp3) is 0.450. The van der Waals surface area contributed by atoms with E-state index in [9.17, 15) is 4.79 Å². The van der Waals surface area contributed by atoms with Crippen molar-refractivity contribution in [2.24, 2.45) is 0 Å². The molecule has 0 spiro atoms. The van der Waals surface area contributed by atoms with Gasteiger partial charge in [0.15, 0.2) is 0 Å². The number of nitrogen functional groups attached to an aromatic ring is 1. The molecule has 2 aromatic heterocycles. The highest BCUT2D eigenvalue weighted by atomic mass is 79.9. The topological polar surface area (TPSA) is 75.3 Å². The van der Waals surface area contributed by atoms with Crippen LogP contribution in [-0.4, -0.2) is 52.9 Å². The molecule has 142 valence electrons. The maximum absolute atomic E-state index is 12.9. The van der Waals surface area contributed by atoms with E-state index in [0.717, 1.165) is 36.2 Å². The second-order valence-electron chi connectivity index (χ2n) is 7.26. The number of likely N-dealkylation sites (tertiary alicyclic amines) is 1. The Morgan fingerprint density at radius 2 is 1.89 bits per heavy atom. The quantitative estimate of drug-likeness (QED) is 0.752. The van der Waals surface area contributed by atoms with Crippen molar-refractivity contribution in [1.29, 1.82) is 0 Å². The SMILES string of the molecule is Nc1ncc(Br)cc1C(=O)c1cccc(N2CCC(N3CCCC3)CC2)n1. The van der Waals surface area contributed by atoms with Crippen LogP contribution in [0.1, 0.15) is 41.7 Å². The van der Waals surface area contributed by atoms with E-state index < -0.39 is 0 Å². The van der Waals surface area contributed by atoms with Crippen LogP contribution in [0.15, 0.2) is 34.9 Å². The number of rotatable bonds is 4. The van der Waals surface area contributed by atoms with Crippen molar-refractivity contribution in [1.82, 2.24) is 14.9 Å². The third-order valence-corrected chi connectivity index (χ3v) is 5.98. The van der Waals surface area contributed by atoms with Gasteiger partial charge in [0.2, 0.25) is 5.78 Å². The lowest BCUT2D eigenvalue weighted by atomic mass is 10.0. The average Bonchev–Trinajstić information content (AvgIpc) is 3.24. The van der Waals surface area contributed by atoms with Crippen LogP contribution in [0.4, 0.5) is 11.6 Å². The maximum Gasteiger partial charge on any atom is 0.215 e. The molecule has 0 radical (unpaired) electrons. The second kappa shape index (κ2) is 7.94. The van der Waals surface area contributed by atoms with Gasteiger partial charge in [0, 0.05) is 29.8 Å². The van der Waals surface area contributed by atoms with Crippen molar-refractivity contribution in [2.45, 2.75) is 31.7 Å². The van der Waals surface area contributed by atoms with Crippen molar-refractivity contribution >= 4 is 33.3 Å². The number of nitrogens with two attached hydrogens (primary N) is 1. The van der Waals surface area contributed by atoms with Gasteiger partial charge in [-0.25, -0.2) is 9.97 Å². The number of hydrogen-bond acceptors (Lipinski definition) is 6. The molecule has 2 aliphatic heterocycles. The highest BCUT2D eigenvalue weighted by molar-refractivity contribution is 9.10. The Labute approximate surface area is 167 Å². The summed E-state index contributed by atoms with van der Waals surface area (Å²) in [5.41, 5.74) is 6.67. The molecule has 6 nitrogen and oxygen atoms in total. The summed E-state index contributed by atoms with van der Waals surface area (Å²) in [5, 5.41) is 0. The first-order chi connectivity index (χ1) is 13.1. The van der Waals surface area contributed by atoms with Crippen molar-refractivity contribution in [3.8, 4) is 0 Å². The van der Waals surface area contributed by atoms with E-state index in [1.807, 2.05) is 12.1 Å². The maximum atomic E-state index is 12.9. The van der Waals surface area contributed by atoms with E-state index in [1.165, 1.54) is 25.9 Å². The Morgan fingerprint density at radius 1 is 1.15 bits per heavy atom. The van der Waals surface area contributed by atoms with Gasteiger partial charge in [0.1, 0.15) is 17.3 Å². The summed E-state index contributed by atoms with van der Waals surface area (Å²) in [6.45, 7) is 4.45. The smallest absolute Gasteiger partial charge is 0.215 e. The average molecular weight is 430 g/mol. The minimum atomic E-state index is -0.199.